The summed E-state index contributed by atoms with van der Waals surface area (Å²) in [6.07, 6.45) is 4.15. The number of nitrogens with zero attached hydrogens (tertiary/aromatic N) is 1. The lowest BCUT2D eigenvalue weighted by Gasteiger charge is -2.26. The average molecular weight is 227 g/mol. The highest BCUT2D eigenvalue weighted by atomic mass is 19.1. The summed E-state index contributed by atoms with van der Waals surface area (Å²) in [6.45, 7) is 10.9. The van der Waals surface area contributed by atoms with Gasteiger partial charge in [-0.2, -0.15) is 0 Å². The fourth-order valence-corrected chi connectivity index (χ4v) is 1.39. The Kier molecular flexibility index (Phi) is 7.56. The van der Waals surface area contributed by atoms with Crippen LogP contribution in [0.5, 0.6) is 0 Å². The van der Waals surface area contributed by atoms with Crippen LogP contribution in [-0.2, 0) is 0 Å². The van der Waals surface area contributed by atoms with E-state index >= 15 is 0 Å². The van der Waals surface area contributed by atoms with Crippen LogP contribution in [0.1, 0.15) is 33.1 Å². The van der Waals surface area contributed by atoms with E-state index in [9.17, 15) is 9.50 Å². The zero-order valence-corrected chi connectivity index (χ0v) is 10.2. The molecule has 0 aliphatic carbocycles. The molecule has 1 unspecified atom stereocenters. The van der Waals surface area contributed by atoms with Gasteiger partial charge in [0.05, 0.1) is 0 Å². The van der Waals surface area contributed by atoms with Crippen molar-refractivity contribution in [3.63, 3.8) is 0 Å². The molecule has 0 saturated carbocycles. The number of allylic oxidation sites excluding steroid dienone is 3. The molecule has 0 heterocycles. The average Bonchev–Trinajstić information content (AvgIpc) is 2.29. The van der Waals surface area contributed by atoms with Gasteiger partial charge in [-0.25, -0.2) is 4.39 Å². The summed E-state index contributed by atoms with van der Waals surface area (Å²) in [5, 5.41) is 9.26. The number of aliphatic hydroxyl groups excluding tert-OH is 1. The summed E-state index contributed by atoms with van der Waals surface area (Å²) in [5.74, 6) is 0. The second kappa shape index (κ2) is 8.11. The molecular weight excluding hydrogens is 205 g/mol. The summed E-state index contributed by atoms with van der Waals surface area (Å²) in [4.78, 5) is 1.58. The third-order valence-electron chi connectivity index (χ3n) is 2.38. The third kappa shape index (κ3) is 4.62. The van der Waals surface area contributed by atoms with Gasteiger partial charge in [-0.05, 0) is 18.9 Å². The van der Waals surface area contributed by atoms with E-state index in [0.717, 1.165) is 12.1 Å². The first-order valence-electron chi connectivity index (χ1n) is 5.63. The minimum absolute atomic E-state index is 0.201. The van der Waals surface area contributed by atoms with Gasteiger partial charge in [0.1, 0.15) is 12.9 Å². The molecule has 0 aliphatic rings. The highest BCUT2D eigenvalue weighted by Crippen LogP contribution is 2.20. The van der Waals surface area contributed by atoms with Gasteiger partial charge < -0.3 is 10.0 Å². The zero-order valence-electron chi connectivity index (χ0n) is 10.2. The van der Waals surface area contributed by atoms with Crippen LogP contribution in [0.4, 0.5) is 4.39 Å². The van der Waals surface area contributed by atoms with Crippen LogP contribution < -0.4 is 0 Å². The van der Waals surface area contributed by atoms with Crippen LogP contribution in [0.25, 0.3) is 0 Å². The van der Waals surface area contributed by atoms with Crippen LogP contribution in [0, 0.1) is 0 Å². The number of hydrogen-bond donors (Lipinski definition) is 1. The molecule has 0 spiro atoms. The van der Waals surface area contributed by atoms with Gasteiger partial charge in [0.25, 0.3) is 0 Å². The number of aliphatic hydroxyl groups is 1. The number of hydrogen-bond acceptors (Lipinski definition) is 2. The first-order valence-corrected chi connectivity index (χ1v) is 5.63. The first-order chi connectivity index (χ1) is 7.60. The zero-order chi connectivity index (χ0) is 12.6. The monoisotopic (exact) mass is 227 g/mol. The van der Waals surface area contributed by atoms with Crippen molar-refractivity contribution in [2.75, 3.05) is 6.73 Å². The molecule has 92 valence electrons. The topological polar surface area (TPSA) is 23.5 Å². The van der Waals surface area contributed by atoms with Crippen molar-refractivity contribution >= 4 is 0 Å². The smallest absolute Gasteiger partial charge is 0.119 e. The SMILES string of the molecule is C=CC(=C)N(CO)/C(=C/CC)CC(F)CC. The van der Waals surface area contributed by atoms with E-state index in [1.54, 1.807) is 17.9 Å². The van der Waals surface area contributed by atoms with Crippen LogP contribution in [-0.4, -0.2) is 22.9 Å². The molecule has 3 heteroatoms. The fourth-order valence-electron chi connectivity index (χ4n) is 1.39. The normalized spacial score (nSPS) is 13.4. The first kappa shape index (κ1) is 14.9. The van der Waals surface area contributed by atoms with Crippen molar-refractivity contribution in [2.24, 2.45) is 0 Å². The lowest BCUT2D eigenvalue weighted by atomic mass is 10.1. The molecule has 0 aromatic carbocycles. The predicted molar refractivity (Wildman–Crippen MR) is 66.4 cm³/mol. The van der Waals surface area contributed by atoms with Gasteiger partial charge in [-0.3, -0.25) is 0 Å². The van der Waals surface area contributed by atoms with Gasteiger partial charge in [0.15, 0.2) is 0 Å². The van der Waals surface area contributed by atoms with Gasteiger partial charge in [0.2, 0.25) is 0 Å². The fraction of sp³-hybridized carbons (Fsp3) is 0.538. The van der Waals surface area contributed by atoms with Crippen LogP contribution in [0.2, 0.25) is 0 Å². The van der Waals surface area contributed by atoms with Crippen LogP contribution in [0.15, 0.2) is 36.7 Å². The molecule has 0 rings (SSSR count). The molecule has 0 bridgehead atoms. The lowest BCUT2D eigenvalue weighted by molar-refractivity contribution is 0.161. The molecule has 0 saturated heterocycles. The standard InChI is InChI=1S/C13H22FNO/c1-5-8-13(9-12(14)7-3)15(10-16)11(4)6-2/h6,8,12,16H,2,4-5,7,9-10H2,1,3H3/b13-8+. The van der Waals surface area contributed by atoms with E-state index in [1.165, 1.54) is 0 Å². The molecule has 0 aromatic rings. The summed E-state index contributed by atoms with van der Waals surface area (Å²) >= 11 is 0. The van der Waals surface area contributed by atoms with Crippen molar-refractivity contribution in [2.45, 2.75) is 39.3 Å². The minimum atomic E-state index is -0.885. The molecule has 0 radical (unpaired) electrons. The predicted octanol–water partition coefficient (Wildman–Crippen LogP) is 3.37. The quantitative estimate of drug-likeness (QED) is 0.507. The van der Waals surface area contributed by atoms with E-state index in [-0.39, 0.29) is 6.73 Å². The maximum Gasteiger partial charge on any atom is 0.119 e. The maximum atomic E-state index is 13.4. The lowest BCUT2D eigenvalue weighted by Crippen LogP contribution is -2.24. The Bertz CT molecular complexity index is 261. The molecule has 2 nitrogen and oxygen atoms in total. The molecule has 1 N–H and O–H groups in total. The number of rotatable bonds is 8. The van der Waals surface area contributed by atoms with Crippen molar-refractivity contribution < 1.29 is 9.50 Å². The Balaban J connectivity index is 4.80. The third-order valence-corrected chi connectivity index (χ3v) is 2.38. The largest absolute Gasteiger partial charge is 0.376 e. The molecule has 0 fully saturated rings. The van der Waals surface area contributed by atoms with Crippen molar-refractivity contribution in [3.05, 3.63) is 36.7 Å². The van der Waals surface area contributed by atoms with Crippen molar-refractivity contribution in [1.82, 2.24) is 4.90 Å². The van der Waals surface area contributed by atoms with E-state index in [2.05, 4.69) is 13.2 Å². The molecule has 1 atom stereocenters. The van der Waals surface area contributed by atoms with Crippen molar-refractivity contribution in [3.8, 4) is 0 Å². The summed E-state index contributed by atoms with van der Waals surface area (Å²) in [5.41, 5.74) is 1.36. The molecule has 0 amide bonds. The second-order valence-electron chi connectivity index (χ2n) is 3.58. The van der Waals surface area contributed by atoms with E-state index in [0.29, 0.717) is 18.5 Å². The molecular formula is C13H22FNO. The van der Waals surface area contributed by atoms with Gasteiger partial charge >= 0.3 is 0 Å². The Morgan fingerprint density at radius 1 is 1.50 bits per heavy atom. The Morgan fingerprint density at radius 2 is 2.12 bits per heavy atom. The maximum absolute atomic E-state index is 13.4. The van der Waals surface area contributed by atoms with E-state index < -0.39 is 6.17 Å². The van der Waals surface area contributed by atoms with E-state index in [1.807, 2.05) is 13.0 Å². The molecule has 0 aromatic heterocycles. The highest BCUT2D eigenvalue weighted by Gasteiger charge is 2.14. The Morgan fingerprint density at radius 3 is 2.50 bits per heavy atom. The molecule has 0 aliphatic heterocycles. The van der Waals surface area contributed by atoms with Gasteiger partial charge in [0, 0.05) is 17.8 Å². The summed E-state index contributed by atoms with van der Waals surface area (Å²) in [6, 6.07) is 0. The van der Waals surface area contributed by atoms with Crippen LogP contribution in [0.3, 0.4) is 0 Å². The highest BCUT2D eigenvalue weighted by molar-refractivity contribution is 5.18. The minimum Gasteiger partial charge on any atom is -0.376 e. The van der Waals surface area contributed by atoms with Crippen LogP contribution >= 0.6 is 0 Å². The van der Waals surface area contributed by atoms with Gasteiger partial charge in [-0.15, -0.1) is 0 Å². The van der Waals surface area contributed by atoms with Gasteiger partial charge in [-0.1, -0.05) is 33.1 Å². The van der Waals surface area contributed by atoms with Crippen molar-refractivity contribution in [1.29, 1.82) is 0 Å². The summed E-state index contributed by atoms with van der Waals surface area (Å²) < 4.78 is 13.4. The Labute approximate surface area is 97.8 Å². The number of alkyl halides is 1. The second-order valence-corrected chi connectivity index (χ2v) is 3.58. The Hall–Kier alpha value is -1.09. The van der Waals surface area contributed by atoms with E-state index in [4.69, 9.17) is 0 Å². The summed E-state index contributed by atoms with van der Waals surface area (Å²) in [7, 11) is 0. The number of halogens is 1. The molecule has 16 heavy (non-hydrogen) atoms.